The Morgan fingerprint density at radius 2 is 0.524 bits per heavy atom. The van der Waals surface area contributed by atoms with Crippen LogP contribution >= 0.6 is 15.6 Å². The lowest BCUT2D eigenvalue weighted by molar-refractivity contribution is -0.161. The van der Waals surface area contributed by atoms with Gasteiger partial charge in [-0.2, -0.15) is 0 Å². The number of carbonyl (C=O) groups is 4. The second-order valence-corrected chi connectivity index (χ2v) is 33.4. The van der Waals surface area contributed by atoms with Crippen LogP contribution in [0.15, 0.2) is 24.3 Å². The van der Waals surface area contributed by atoms with E-state index < -0.39 is 97.5 Å². The Kier molecular flexibility index (Phi) is 73.2. The second kappa shape index (κ2) is 75.0. The van der Waals surface area contributed by atoms with Crippen molar-refractivity contribution in [2.75, 3.05) is 39.6 Å². The lowest BCUT2D eigenvalue weighted by Gasteiger charge is -2.21. The van der Waals surface area contributed by atoms with Crippen molar-refractivity contribution in [1.29, 1.82) is 0 Å². The molecule has 103 heavy (non-hydrogen) atoms. The van der Waals surface area contributed by atoms with Gasteiger partial charge in [0.15, 0.2) is 12.2 Å². The number of allylic oxidation sites excluding steroid dienone is 4. The van der Waals surface area contributed by atoms with Gasteiger partial charge in [-0.05, 0) is 63.2 Å². The molecule has 0 saturated heterocycles. The molecule has 19 heteroatoms. The summed E-state index contributed by atoms with van der Waals surface area (Å²) in [4.78, 5) is 73.1. The van der Waals surface area contributed by atoms with Crippen LogP contribution in [0.2, 0.25) is 0 Å². The zero-order chi connectivity index (χ0) is 75.6. The Morgan fingerprint density at radius 1 is 0.301 bits per heavy atom. The predicted molar refractivity (Wildman–Crippen MR) is 423 cm³/mol. The minimum Gasteiger partial charge on any atom is -0.462 e. The van der Waals surface area contributed by atoms with E-state index in [0.717, 1.165) is 115 Å². The average molecular weight is 1500 g/mol. The molecule has 0 rings (SSSR count). The SMILES string of the molecule is CCCCCC/C=C\C=C/CCCCCCCC(=O)O[C@H](COC(=O)CCCCCCCCCCCCCC)COP(=O)(O)OC[C@H](O)COP(=O)(O)OC[C@@H](COC(=O)CCCCCCCCCCCCCCCCC(C)C)OC(=O)CCCCCCCCCCCCCCCCCCC(C)C. The largest absolute Gasteiger partial charge is 0.472 e. The highest BCUT2D eigenvalue weighted by atomic mass is 31.2. The number of aliphatic hydroxyl groups is 1. The molecular weight excluding hydrogens is 1340 g/mol. The number of hydrogen-bond donors (Lipinski definition) is 3. The van der Waals surface area contributed by atoms with E-state index in [0.29, 0.717) is 25.7 Å². The number of carbonyl (C=O) groups excluding carboxylic acids is 4. The summed E-state index contributed by atoms with van der Waals surface area (Å²) in [6.07, 6.45) is 68.7. The highest BCUT2D eigenvalue weighted by Gasteiger charge is 2.30. The maximum absolute atomic E-state index is 13.1. The van der Waals surface area contributed by atoms with Crippen LogP contribution in [0.4, 0.5) is 0 Å². The van der Waals surface area contributed by atoms with E-state index in [4.69, 9.17) is 37.0 Å². The van der Waals surface area contributed by atoms with Gasteiger partial charge in [0.1, 0.15) is 19.3 Å². The molecule has 0 amide bonds. The summed E-state index contributed by atoms with van der Waals surface area (Å²) in [6.45, 7) is 9.64. The van der Waals surface area contributed by atoms with Crippen LogP contribution < -0.4 is 0 Å². The summed E-state index contributed by atoms with van der Waals surface area (Å²) < 4.78 is 68.8. The first-order valence-electron chi connectivity index (χ1n) is 42.8. The third kappa shape index (κ3) is 77.5. The lowest BCUT2D eigenvalue weighted by atomic mass is 10.0. The molecule has 0 radical (unpaired) electrons. The summed E-state index contributed by atoms with van der Waals surface area (Å²) in [5.41, 5.74) is 0. The summed E-state index contributed by atoms with van der Waals surface area (Å²) in [5, 5.41) is 10.7. The first kappa shape index (κ1) is 101. The molecule has 0 aliphatic carbocycles. The molecule has 0 heterocycles. The normalized spacial score (nSPS) is 14.0. The Bertz CT molecular complexity index is 2070. The molecule has 0 aromatic carbocycles. The fraction of sp³-hybridized carbons (Fsp3) is 0.905. The molecule has 0 aromatic heterocycles. The third-order valence-corrected chi connectivity index (χ3v) is 21.0. The zero-order valence-electron chi connectivity index (χ0n) is 67.1. The van der Waals surface area contributed by atoms with Crippen LogP contribution in [0, 0.1) is 11.8 Å². The van der Waals surface area contributed by atoms with Crippen LogP contribution in [0.25, 0.3) is 0 Å². The molecule has 3 N–H and O–H groups in total. The molecule has 608 valence electrons. The number of hydrogen-bond acceptors (Lipinski definition) is 15. The lowest BCUT2D eigenvalue weighted by Crippen LogP contribution is -2.30. The maximum Gasteiger partial charge on any atom is 0.472 e. The van der Waals surface area contributed by atoms with Crippen molar-refractivity contribution in [2.45, 2.75) is 439 Å². The molecule has 0 aromatic rings. The van der Waals surface area contributed by atoms with Crippen LogP contribution in [0.1, 0.15) is 420 Å². The quantitative estimate of drug-likeness (QED) is 0.0169. The fourth-order valence-corrected chi connectivity index (χ4v) is 14.1. The van der Waals surface area contributed by atoms with E-state index >= 15 is 0 Å². The van der Waals surface area contributed by atoms with Gasteiger partial charge in [-0.25, -0.2) is 9.13 Å². The molecule has 0 bridgehead atoms. The molecule has 0 saturated carbocycles. The minimum atomic E-state index is -4.97. The minimum absolute atomic E-state index is 0.0856. The maximum atomic E-state index is 13.1. The van der Waals surface area contributed by atoms with Gasteiger partial charge in [0.2, 0.25) is 0 Å². The summed E-state index contributed by atoms with van der Waals surface area (Å²) >= 11 is 0. The number of phosphoric ester groups is 2. The van der Waals surface area contributed by atoms with Crippen molar-refractivity contribution in [3.63, 3.8) is 0 Å². The second-order valence-electron chi connectivity index (χ2n) is 30.5. The van der Waals surface area contributed by atoms with Crippen LogP contribution in [0.5, 0.6) is 0 Å². The van der Waals surface area contributed by atoms with Crippen molar-refractivity contribution in [1.82, 2.24) is 0 Å². The van der Waals surface area contributed by atoms with Crippen LogP contribution in [-0.2, 0) is 65.4 Å². The van der Waals surface area contributed by atoms with Crippen molar-refractivity contribution in [2.24, 2.45) is 11.8 Å². The van der Waals surface area contributed by atoms with Crippen molar-refractivity contribution in [3.8, 4) is 0 Å². The Morgan fingerprint density at radius 3 is 0.796 bits per heavy atom. The van der Waals surface area contributed by atoms with Crippen LogP contribution in [0.3, 0.4) is 0 Å². The summed E-state index contributed by atoms with van der Waals surface area (Å²) in [5.74, 6) is -0.528. The van der Waals surface area contributed by atoms with Gasteiger partial charge in [0, 0.05) is 25.7 Å². The smallest absolute Gasteiger partial charge is 0.462 e. The number of phosphoric acid groups is 2. The first-order chi connectivity index (χ1) is 49.9. The fourth-order valence-electron chi connectivity index (χ4n) is 12.5. The molecular formula is C84H160O17P2. The summed E-state index contributed by atoms with van der Waals surface area (Å²) in [7, 11) is -9.94. The standard InChI is InChI=1S/C84H160O17P2/c1-7-9-11-13-15-17-19-21-24-32-38-44-50-56-62-68-83(88)100-79(72-94-81(86)66-60-54-48-42-36-20-18-16-14-12-10-8-2)74-98-102(90,91)96-70-78(85)71-97-103(92,93)99-75-80(73-95-82(87)67-61-55-49-43-37-31-28-27-30-35-41-47-53-59-65-77(5)6)101-84(89)69-63-57-51-45-39-33-26-23-22-25-29-34-40-46-52-58-64-76(3)4/h17,19,21,24,76-80,85H,7-16,18,20,22-23,25-75H2,1-6H3,(H,90,91)(H,92,93)/b19-17-,24-21-/t78-,79+,80+/m0/s1. The number of unbranched alkanes of at least 4 members (excludes halogenated alkanes) is 48. The topological polar surface area (TPSA) is 237 Å². The Hall–Kier alpha value is -2.46. The van der Waals surface area contributed by atoms with E-state index in [1.807, 2.05) is 0 Å². The van der Waals surface area contributed by atoms with Crippen molar-refractivity contribution >= 4 is 39.5 Å². The molecule has 17 nitrogen and oxygen atoms in total. The van der Waals surface area contributed by atoms with Crippen molar-refractivity contribution in [3.05, 3.63) is 24.3 Å². The zero-order valence-corrected chi connectivity index (χ0v) is 68.9. The van der Waals surface area contributed by atoms with E-state index in [9.17, 15) is 43.2 Å². The van der Waals surface area contributed by atoms with E-state index in [-0.39, 0.29) is 25.7 Å². The molecule has 2 unspecified atom stereocenters. The molecule has 0 aliphatic heterocycles. The van der Waals surface area contributed by atoms with Gasteiger partial charge in [-0.3, -0.25) is 37.3 Å². The van der Waals surface area contributed by atoms with Gasteiger partial charge in [-0.15, -0.1) is 0 Å². The Balaban J connectivity index is 5.29. The third-order valence-electron chi connectivity index (χ3n) is 19.1. The predicted octanol–water partition coefficient (Wildman–Crippen LogP) is 25.0. The number of esters is 4. The number of ether oxygens (including phenoxy) is 4. The van der Waals surface area contributed by atoms with Crippen molar-refractivity contribution < 1.29 is 80.2 Å². The molecule has 5 atom stereocenters. The summed E-state index contributed by atoms with van der Waals surface area (Å²) in [6, 6.07) is 0. The molecule has 0 fully saturated rings. The van der Waals surface area contributed by atoms with Crippen LogP contribution in [-0.4, -0.2) is 96.7 Å². The van der Waals surface area contributed by atoms with Gasteiger partial charge in [0.25, 0.3) is 0 Å². The number of aliphatic hydroxyl groups excluding tert-OH is 1. The average Bonchev–Trinajstić information content (AvgIpc) is 0.915. The van der Waals surface area contributed by atoms with Gasteiger partial charge < -0.3 is 33.8 Å². The van der Waals surface area contributed by atoms with E-state index in [1.54, 1.807) is 0 Å². The van der Waals surface area contributed by atoms with Gasteiger partial charge in [0.05, 0.1) is 26.4 Å². The van der Waals surface area contributed by atoms with E-state index in [1.165, 1.54) is 225 Å². The highest BCUT2D eigenvalue weighted by Crippen LogP contribution is 2.45. The number of rotatable bonds is 81. The van der Waals surface area contributed by atoms with Gasteiger partial charge in [-0.1, -0.05) is 368 Å². The monoisotopic (exact) mass is 1500 g/mol. The molecule has 0 aliphatic rings. The molecule has 0 spiro atoms. The highest BCUT2D eigenvalue weighted by molar-refractivity contribution is 7.47. The van der Waals surface area contributed by atoms with E-state index in [2.05, 4.69) is 65.8 Å². The first-order valence-corrected chi connectivity index (χ1v) is 45.8. The Labute approximate surface area is 631 Å². The van der Waals surface area contributed by atoms with Gasteiger partial charge >= 0.3 is 39.5 Å².